The third-order valence-electron chi connectivity index (χ3n) is 2.53. The predicted molar refractivity (Wildman–Crippen MR) is 73.1 cm³/mol. The molecule has 0 saturated carbocycles. The van der Waals surface area contributed by atoms with Gasteiger partial charge < -0.3 is 14.5 Å². The van der Waals surface area contributed by atoms with Gasteiger partial charge in [0.05, 0.1) is 19.4 Å². The van der Waals surface area contributed by atoms with Crippen molar-refractivity contribution in [2.75, 3.05) is 13.7 Å². The number of carbonyl (C=O) groups excluding carboxylic acids is 2. The number of nitrogens with one attached hydrogen (secondary N) is 1. The molecule has 106 valence electrons. The Labute approximate surface area is 113 Å². The van der Waals surface area contributed by atoms with Crippen molar-refractivity contribution in [3.8, 4) is 0 Å². The van der Waals surface area contributed by atoms with Crippen molar-refractivity contribution in [2.24, 2.45) is 0 Å². The standard InChI is InChI=1S/C12H20N2O4Si/c1-17-12(16)11-9(13-10(7-15)14-11)8-18-5-6-19(2,3)4/h7H,5-6,8H2,1-4H3,(H,13,14). The number of hydrogen-bond donors (Lipinski definition) is 1. The molecule has 0 aromatic carbocycles. The maximum Gasteiger partial charge on any atom is 0.358 e. The molecule has 0 atom stereocenters. The number of ether oxygens (including phenoxy) is 2. The van der Waals surface area contributed by atoms with Crippen molar-refractivity contribution in [1.82, 2.24) is 9.97 Å². The number of hydrogen-bond acceptors (Lipinski definition) is 5. The molecule has 0 aliphatic rings. The number of H-pyrrole nitrogens is 1. The van der Waals surface area contributed by atoms with Crippen molar-refractivity contribution >= 4 is 20.3 Å². The van der Waals surface area contributed by atoms with E-state index in [1.54, 1.807) is 0 Å². The largest absolute Gasteiger partial charge is 0.464 e. The smallest absolute Gasteiger partial charge is 0.358 e. The van der Waals surface area contributed by atoms with Crippen LogP contribution in [0.1, 0.15) is 26.8 Å². The van der Waals surface area contributed by atoms with Gasteiger partial charge in [0.2, 0.25) is 0 Å². The number of aromatic amines is 1. The number of rotatable bonds is 7. The first kappa shape index (κ1) is 15.6. The maximum atomic E-state index is 11.5. The molecule has 0 amide bonds. The highest BCUT2D eigenvalue weighted by molar-refractivity contribution is 6.76. The Bertz CT molecular complexity index is 451. The normalized spacial score (nSPS) is 11.4. The van der Waals surface area contributed by atoms with E-state index in [1.165, 1.54) is 7.11 Å². The molecular weight excluding hydrogens is 264 g/mol. The van der Waals surface area contributed by atoms with E-state index in [0.717, 1.165) is 6.04 Å². The number of carbonyl (C=O) groups is 2. The molecule has 1 heterocycles. The second kappa shape index (κ2) is 6.62. The molecule has 1 N–H and O–H groups in total. The van der Waals surface area contributed by atoms with E-state index in [4.69, 9.17) is 4.74 Å². The lowest BCUT2D eigenvalue weighted by molar-refractivity contribution is 0.0586. The third-order valence-corrected chi connectivity index (χ3v) is 4.23. The van der Waals surface area contributed by atoms with Gasteiger partial charge in [-0.25, -0.2) is 9.78 Å². The van der Waals surface area contributed by atoms with Crippen molar-refractivity contribution in [2.45, 2.75) is 32.3 Å². The molecule has 0 spiro atoms. The zero-order valence-corrected chi connectivity index (χ0v) is 12.8. The molecule has 0 fully saturated rings. The average Bonchev–Trinajstić information content (AvgIpc) is 2.76. The number of nitrogens with zero attached hydrogens (tertiary/aromatic N) is 1. The lowest BCUT2D eigenvalue weighted by Crippen LogP contribution is -2.21. The first-order valence-corrected chi connectivity index (χ1v) is 9.78. The highest BCUT2D eigenvalue weighted by Crippen LogP contribution is 2.11. The summed E-state index contributed by atoms with van der Waals surface area (Å²) in [7, 11) is 0.133. The second-order valence-electron chi connectivity index (χ2n) is 5.42. The van der Waals surface area contributed by atoms with Gasteiger partial charge in [-0.2, -0.15) is 0 Å². The molecular formula is C12H20N2O4Si. The van der Waals surface area contributed by atoms with E-state index >= 15 is 0 Å². The van der Waals surface area contributed by atoms with Crippen LogP contribution in [0.5, 0.6) is 0 Å². The van der Waals surface area contributed by atoms with Crippen molar-refractivity contribution in [1.29, 1.82) is 0 Å². The Hall–Kier alpha value is -1.47. The minimum atomic E-state index is -1.14. The van der Waals surface area contributed by atoms with E-state index < -0.39 is 14.0 Å². The van der Waals surface area contributed by atoms with Gasteiger partial charge in [-0.1, -0.05) is 19.6 Å². The molecule has 1 rings (SSSR count). The summed E-state index contributed by atoms with van der Waals surface area (Å²) in [4.78, 5) is 28.8. The van der Waals surface area contributed by atoms with Gasteiger partial charge in [0.25, 0.3) is 0 Å². The SMILES string of the molecule is COC(=O)c1nc(C=O)[nH]c1COCC[Si](C)(C)C. The quantitative estimate of drug-likeness (QED) is 0.358. The number of methoxy groups -OCH3 is 1. The van der Waals surface area contributed by atoms with Gasteiger partial charge in [-0.3, -0.25) is 4.79 Å². The summed E-state index contributed by atoms with van der Waals surface area (Å²) in [6.45, 7) is 7.63. The van der Waals surface area contributed by atoms with Crippen LogP contribution in [-0.2, 0) is 16.1 Å². The van der Waals surface area contributed by atoms with Crippen LogP contribution in [0.3, 0.4) is 0 Å². The lowest BCUT2D eigenvalue weighted by Gasteiger charge is -2.15. The molecule has 0 aliphatic heterocycles. The summed E-state index contributed by atoms with van der Waals surface area (Å²) in [6, 6.07) is 1.04. The third kappa shape index (κ3) is 4.96. The predicted octanol–water partition coefficient (Wildman–Crippen LogP) is 1.86. The van der Waals surface area contributed by atoms with Crippen LogP contribution in [0, 0.1) is 0 Å². The Balaban J connectivity index is 2.64. The second-order valence-corrected chi connectivity index (χ2v) is 11.0. The van der Waals surface area contributed by atoms with E-state index in [0.29, 0.717) is 18.6 Å². The fourth-order valence-corrected chi connectivity index (χ4v) is 2.16. The van der Waals surface area contributed by atoms with Crippen molar-refractivity contribution in [3.63, 3.8) is 0 Å². The first-order chi connectivity index (χ1) is 8.87. The molecule has 1 aromatic rings. The monoisotopic (exact) mass is 284 g/mol. The molecule has 19 heavy (non-hydrogen) atoms. The zero-order chi connectivity index (χ0) is 14.5. The highest BCUT2D eigenvalue weighted by Gasteiger charge is 2.18. The van der Waals surface area contributed by atoms with Crippen LogP contribution in [0.15, 0.2) is 0 Å². The van der Waals surface area contributed by atoms with Gasteiger partial charge in [-0.05, 0) is 6.04 Å². The van der Waals surface area contributed by atoms with Crippen molar-refractivity contribution in [3.05, 3.63) is 17.2 Å². The maximum absolute atomic E-state index is 11.5. The summed E-state index contributed by atoms with van der Waals surface area (Å²) in [6.07, 6.45) is 0.554. The van der Waals surface area contributed by atoms with E-state index in [-0.39, 0.29) is 18.1 Å². The van der Waals surface area contributed by atoms with Gasteiger partial charge in [0.15, 0.2) is 17.8 Å². The minimum absolute atomic E-state index is 0.101. The van der Waals surface area contributed by atoms with Gasteiger partial charge in [-0.15, -0.1) is 0 Å². The van der Waals surface area contributed by atoms with Crippen molar-refractivity contribution < 1.29 is 19.1 Å². The molecule has 0 radical (unpaired) electrons. The topological polar surface area (TPSA) is 81.3 Å². The van der Waals surface area contributed by atoms with Gasteiger partial charge in [0, 0.05) is 14.7 Å². The fourth-order valence-electron chi connectivity index (χ4n) is 1.41. The summed E-state index contributed by atoms with van der Waals surface area (Å²) < 4.78 is 10.1. The molecule has 6 nitrogen and oxygen atoms in total. The van der Waals surface area contributed by atoms with E-state index in [9.17, 15) is 9.59 Å². The van der Waals surface area contributed by atoms with Crippen LogP contribution >= 0.6 is 0 Å². The number of esters is 1. The average molecular weight is 284 g/mol. The summed E-state index contributed by atoms with van der Waals surface area (Å²) >= 11 is 0. The zero-order valence-electron chi connectivity index (χ0n) is 11.8. The summed E-state index contributed by atoms with van der Waals surface area (Å²) in [5.41, 5.74) is 0.585. The fraction of sp³-hybridized carbons (Fsp3) is 0.583. The lowest BCUT2D eigenvalue weighted by atomic mass is 10.3. The first-order valence-electron chi connectivity index (χ1n) is 6.07. The number of imidazole rings is 1. The molecule has 7 heteroatoms. The Kier molecular flexibility index (Phi) is 5.43. The van der Waals surface area contributed by atoms with Crippen LogP contribution in [0.4, 0.5) is 0 Å². The van der Waals surface area contributed by atoms with Crippen LogP contribution in [0.2, 0.25) is 25.7 Å². The molecule has 0 aliphatic carbocycles. The molecule has 0 bridgehead atoms. The highest BCUT2D eigenvalue weighted by atomic mass is 28.3. The Morgan fingerprint density at radius 3 is 2.63 bits per heavy atom. The van der Waals surface area contributed by atoms with Gasteiger partial charge in [0.1, 0.15) is 0 Å². The minimum Gasteiger partial charge on any atom is -0.464 e. The van der Waals surface area contributed by atoms with Crippen LogP contribution < -0.4 is 0 Å². The Morgan fingerprint density at radius 2 is 2.11 bits per heavy atom. The molecule has 0 unspecified atom stereocenters. The molecule has 0 saturated heterocycles. The number of aromatic nitrogens is 2. The van der Waals surface area contributed by atoms with Crippen LogP contribution in [-0.4, -0.2) is 44.0 Å². The molecule has 1 aromatic heterocycles. The summed E-state index contributed by atoms with van der Waals surface area (Å²) in [5.74, 6) is -0.475. The van der Waals surface area contributed by atoms with Gasteiger partial charge >= 0.3 is 5.97 Å². The van der Waals surface area contributed by atoms with E-state index in [2.05, 4.69) is 34.3 Å². The summed E-state index contributed by atoms with van der Waals surface area (Å²) in [5, 5.41) is 0. The Morgan fingerprint density at radius 1 is 1.42 bits per heavy atom. The van der Waals surface area contributed by atoms with E-state index in [1.807, 2.05) is 0 Å². The van der Waals surface area contributed by atoms with Crippen LogP contribution in [0.25, 0.3) is 0 Å². The number of aldehydes is 1.